The van der Waals surface area contributed by atoms with Gasteiger partial charge in [-0.15, -0.1) is 0 Å². The average Bonchev–Trinajstić information content (AvgIpc) is 2.89. The number of phenolic OH excluding ortho intramolecular Hbond substituents is 1. The largest absolute Gasteiger partial charge is 0.506 e. The molecular weight excluding hydrogens is 318 g/mol. The van der Waals surface area contributed by atoms with Gasteiger partial charge in [0.25, 0.3) is 0 Å². The molecule has 0 radical (unpaired) electrons. The van der Waals surface area contributed by atoms with Crippen molar-refractivity contribution in [3.63, 3.8) is 0 Å². The summed E-state index contributed by atoms with van der Waals surface area (Å²) in [5.41, 5.74) is 1.73. The highest BCUT2D eigenvalue weighted by molar-refractivity contribution is 5.48. The van der Waals surface area contributed by atoms with E-state index < -0.39 is 11.4 Å². The first-order valence-electron chi connectivity index (χ1n) is 8.29. The van der Waals surface area contributed by atoms with Gasteiger partial charge in [0.2, 0.25) is 0 Å². The minimum atomic E-state index is -0.552. The number of aromatic hydroxyl groups is 1. The summed E-state index contributed by atoms with van der Waals surface area (Å²) >= 11 is 0. The maximum absolute atomic E-state index is 12.8. The quantitative estimate of drug-likeness (QED) is 0.767. The van der Waals surface area contributed by atoms with E-state index in [-0.39, 0.29) is 17.4 Å². The number of aryl methyl sites for hydroxylation is 1. The molecule has 6 nitrogen and oxygen atoms in total. The Kier molecular flexibility index (Phi) is 4.35. The van der Waals surface area contributed by atoms with Gasteiger partial charge in [-0.3, -0.25) is 0 Å². The predicted molar refractivity (Wildman–Crippen MR) is 97.1 cm³/mol. The van der Waals surface area contributed by atoms with Crippen molar-refractivity contribution in [2.45, 2.75) is 33.1 Å². The molecule has 0 atom stereocenters. The zero-order chi connectivity index (χ0) is 18.1. The zero-order valence-electron chi connectivity index (χ0n) is 14.5. The van der Waals surface area contributed by atoms with Crippen LogP contribution in [-0.4, -0.2) is 19.5 Å². The van der Waals surface area contributed by atoms with E-state index in [4.69, 9.17) is 0 Å². The molecule has 2 aromatic carbocycles. The molecule has 6 heteroatoms. The van der Waals surface area contributed by atoms with E-state index in [0.29, 0.717) is 5.69 Å². The van der Waals surface area contributed by atoms with E-state index in [1.807, 2.05) is 32.9 Å². The Morgan fingerprint density at radius 2 is 1.76 bits per heavy atom. The highest BCUT2D eigenvalue weighted by Gasteiger charge is 2.16. The topological polar surface area (TPSA) is 80.0 Å². The van der Waals surface area contributed by atoms with Crippen LogP contribution in [0.1, 0.15) is 37.8 Å². The van der Waals surface area contributed by atoms with E-state index in [2.05, 4.69) is 5.10 Å². The third-order valence-corrected chi connectivity index (χ3v) is 4.30. The lowest BCUT2D eigenvalue weighted by molar-refractivity contribution is 0.469. The average molecular weight is 339 g/mol. The second-order valence-corrected chi connectivity index (χ2v) is 6.29. The summed E-state index contributed by atoms with van der Waals surface area (Å²) in [7, 11) is 0. The van der Waals surface area contributed by atoms with Gasteiger partial charge >= 0.3 is 11.4 Å². The monoisotopic (exact) mass is 339 g/mol. The number of nitrogens with one attached hydrogen (secondary N) is 1. The van der Waals surface area contributed by atoms with Crippen molar-refractivity contribution in [2.24, 2.45) is 0 Å². The molecule has 3 aromatic rings. The number of nitrogens with zero attached hydrogens (tertiary/aromatic N) is 2. The van der Waals surface area contributed by atoms with Gasteiger partial charge in [0.05, 0.1) is 5.69 Å². The van der Waals surface area contributed by atoms with Gasteiger partial charge in [-0.05, 0) is 47.7 Å². The lowest BCUT2D eigenvalue weighted by Crippen LogP contribution is -2.26. The summed E-state index contributed by atoms with van der Waals surface area (Å²) < 4.78 is 2.14. The summed E-state index contributed by atoms with van der Waals surface area (Å²) in [5.74, 6) is 0.159. The molecule has 0 saturated heterocycles. The molecule has 0 aliphatic carbocycles. The molecule has 0 bridgehead atoms. The minimum Gasteiger partial charge on any atom is -0.506 e. The number of aromatic amines is 1. The standard InChI is InChI=1S/C19H21N3O3/c1-4-13-5-8-15(9-6-13)21-18(24)20-22(19(21)25)16-11-14(12(2)3)7-10-17(16)23/h5-12,23H,4H2,1-3H3,(H,20,24). The van der Waals surface area contributed by atoms with Crippen molar-refractivity contribution >= 4 is 0 Å². The van der Waals surface area contributed by atoms with E-state index in [1.165, 1.54) is 6.07 Å². The van der Waals surface area contributed by atoms with E-state index in [0.717, 1.165) is 26.8 Å². The number of hydrogen-bond acceptors (Lipinski definition) is 3. The fraction of sp³-hybridized carbons (Fsp3) is 0.263. The molecule has 0 aliphatic rings. The smallest absolute Gasteiger partial charge is 0.356 e. The molecular formula is C19H21N3O3. The Labute approximate surface area is 145 Å². The summed E-state index contributed by atoms with van der Waals surface area (Å²) in [5, 5.41) is 12.7. The molecule has 0 aliphatic heterocycles. The lowest BCUT2D eigenvalue weighted by atomic mass is 10.0. The summed E-state index contributed by atoms with van der Waals surface area (Å²) in [4.78, 5) is 25.1. The van der Waals surface area contributed by atoms with Crippen molar-refractivity contribution in [2.75, 3.05) is 0 Å². The number of phenols is 1. The van der Waals surface area contributed by atoms with Gasteiger partial charge in [0.1, 0.15) is 11.4 Å². The molecule has 1 aromatic heterocycles. The van der Waals surface area contributed by atoms with Gasteiger partial charge in [0.15, 0.2) is 0 Å². The molecule has 1 heterocycles. The molecule has 25 heavy (non-hydrogen) atoms. The van der Waals surface area contributed by atoms with Gasteiger partial charge in [0, 0.05) is 0 Å². The molecule has 2 N–H and O–H groups in total. The fourth-order valence-corrected chi connectivity index (χ4v) is 2.73. The van der Waals surface area contributed by atoms with Crippen LogP contribution < -0.4 is 11.4 Å². The first-order chi connectivity index (χ1) is 11.9. The zero-order valence-corrected chi connectivity index (χ0v) is 14.5. The number of benzene rings is 2. The lowest BCUT2D eigenvalue weighted by Gasteiger charge is -2.09. The van der Waals surface area contributed by atoms with Crippen molar-refractivity contribution < 1.29 is 5.11 Å². The predicted octanol–water partition coefficient (Wildman–Crippen LogP) is 2.71. The van der Waals surface area contributed by atoms with Crippen LogP contribution in [0.5, 0.6) is 5.75 Å². The van der Waals surface area contributed by atoms with Crippen LogP contribution in [-0.2, 0) is 6.42 Å². The maximum Gasteiger partial charge on any atom is 0.356 e. The molecule has 0 fully saturated rings. The third-order valence-electron chi connectivity index (χ3n) is 4.30. The van der Waals surface area contributed by atoms with E-state index >= 15 is 0 Å². The number of H-pyrrole nitrogens is 1. The van der Waals surface area contributed by atoms with Crippen LogP contribution in [0.4, 0.5) is 0 Å². The van der Waals surface area contributed by atoms with Crippen LogP contribution >= 0.6 is 0 Å². The first-order valence-corrected chi connectivity index (χ1v) is 8.29. The molecule has 3 rings (SSSR count). The highest BCUT2D eigenvalue weighted by atomic mass is 16.3. The van der Waals surface area contributed by atoms with Gasteiger partial charge in [-0.1, -0.05) is 39.0 Å². The van der Waals surface area contributed by atoms with Crippen LogP contribution in [0.15, 0.2) is 52.1 Å². The summed E-state index contributed by atoms with van der Waals surface area (Å²) in [6.07, 6.45) is 0.877. The number of rotatable bonds is 4. The highest BCUT2D eigenvalue weighted by Crippen LogP contribution is 2.25. The Hall–Kier alpha value is -3.02. The first kappa shape index (κ1) is 16.8. The SMILES string of the molecule is CCc1ccc(-n2c(=O)[nH]n(-c3cc(C(C)C)ccc3O)c2=O)cc1. The Morgan fingerprint density at radius 3 is 2.36 bits per heavy atom. The Bertz CT molecular complexity index is 1010. The Morgan fingerprint density at radius 1 is 1.08 bits per heavy atom. The van der Waals surface area contributed by atoms with Crippen LogP contribution in [0.2, 0.25) is 0 Å². The van der Waals surface area contributed by atoms with Gasteiger partial charge in [-0.25, -0.2) is 19.3 Å². The maximum atomic E-state index is 12.8. The fourth-order valence-electron chi connectivity index (χ4n) is 2.73. The van der Waals surface area contributed by atoms with Gasteiger partial charge in [-0.2, -0.15) is 4.68 Å². The Balaban J connectivity index is 2.16. The van der Waals surface area contributed by atoms with Crippen LogP contribution in [0.3, 0.4) is 0 Å². The van der Waals surface area contributed by atoms with Crippen molar-refractivity contribution in [3.8, 4) is 17.1 Å². The van der Waals surface area contributed by atoms with Gasteiger partial charge < -0.3 is 5.11 Å². The van der Waals surface area contributed by atoms with E-state index in [9.17, 15) is 14.7 Å². The third kappa shape index (κ3) is 3.03. The van der Waals surface area contributed by atoms with Crippen molar-refractivity contribution in [1.82, 2.24) is 14.3 Å². The molecule has 0 saturated carbocycles. The van der Waals surface area contributed by atoms with E-state index in [1.54, 1.807) is 24.3 Å². The van der Waals surface area contributed by atoms with Crippen molar-refractivity contribution in [1.29, 1.82) is 0 Å². The number of hydrogen-bond donors (Lipinski definition) is 2. The van der Waals surface area contributed by atoms with Crippen LogP contribution in [0.25, 0.3) is 11.4 Å². The molecule has 0 unspecified atom stereocenters. The second kappa shape index (κ2) is 6.47. The number of aromatic nitrogens is 3. The molecule has 0 spiro atoms. The molecule has 0 amide bonds. The normalized spacial score (nSPS) is 11.2. The second-order valence-electron chi connectivity index (χ2n) is 6.29. The summed E-state index contributed by atoms with van der Waals surface area (Å²) in [6, 6.07) is 12.3. The summed E-state index contributed by atoms with van der Waals surface area (Å²) in [6.45, 7) is 6.07. The van der Waals surface area contributed by atoms with Crippen LogP contribution in [0, 0.1) is 0 Å². The minimum absolute atomic E-state index is 0.0683. The van der Waals surface area contributed by atoms with Crippen molar-refractivity contribution in [3.05, 3.63) is 74.6 Å². The molecule has 130 valence electrons.